The topological polar surface area (TPSA) is 80.8 Å². The summed E-state index contributed by atoms with van der Waals surface area (Å²) in [6.45, 7) is 1.84. The number of hydroxylamine groups is 2. The van der Waals surface area contributed by atoms with E-state index in [9.17, 15) is 19.2 Å². The van der Waals surface area contributed by atoms with Crippen LogP contribution in [0.3, 0.4) is 0 Å². The maximum Gasteiger partial charge on any atom is 0.333 e. The van der Waals surface area contributed by atoms with E-state index in [1.54, 1.807) is 0 Å². The predicted molar refractivity (Wildman–Crippen MR) is 59.6 cm³/mol. The average Bonchev–Trinajstić information content (AvgIpc) is 2.58. The first kappa shape index (κ1) is 13.7. The van der Waals surface area contributed by atoms with E-state index < -0.39 is 17.8 Å². The summed E-state index contributed by atoms with van der Waals surface area (Å²) >= 11 is 1.12. The van der Waals surface area contributed by atoms with Gasteiger partial charge in [0.25, 0.3) is 11.8 Å². The molecular formula is C10H13NO5S. The lowest BCUT2D eigenvalue weighted by Gasteiger charge is -2.11. The number of hydrogen-bond acceptors (Lipinski definition) is 6. The van der Waals surface area contributed by atoms with Gasteiger partial charge in [-0.2, -0.15) is 0 Å². The molecule has 1 saturated heterocycles. The normalized spacial score (nSPS) is 15.2. The van der Waals surface area contributed by atoms with Crippen LogP contribution < -0.4 is 0 Å². The highest BCUT2D eigenvalue weighted by atomic mass is 32.2. The lowest BCUT2D eigenvalue weighted by Crippen LogP contribution is -2.32. The van der Waals surface area contributed by atoms with Gasteiger partial charge in [-0.15, -0.1) is 5.06 Å². The van der Waals surface area contributed by atoms with Crippen molar-refractivity contribution in [1.29, 1.82) is 0 Å². The minimum Gasteiger partial charge on any atom is -0.330 e. The van der Waals surface area contributed by atoms with E-state index in [0.29, 0.717) is 10.8 Å². The van der Waals surface area contributed by atoms with E-state index in [1.165, 1.54) is 0 Å². The predicted octanol–water partition coefficient (Wildman–Crippen LogP) is 0.653. The van der Waals surface area contributed by atoms with Crippen molar-refractivity contribution in [1.82, 2.24) is 5.06 Å². The third kappa shape index (κ3) is 4.18. The van der Waals surface area contributed by atoms with Crippen LogP contribution in [0.25, 0.3) is 0 Å². The molecule has 0 aromatic carbocycles. The number of amides is 2. The van der Waals surface area contributed by atoms with Gasteiger partial charge in [-0.05, 0) is 5.75 Å². The van der Waals surface area contributed by atoms with Gasteiger partial charge >= 0.3 is 5.97 Å². The van der Waals surface area contributed by atoms with Crippen LogP contribution in [0, 0.1) is 0 Å². The second-order valence-corrected chi connectivity index (χ2v) is 4.67. The number of nitrogens with zero attached hydrogens (tertiary/aromatic N) is 1. The summed E-state index contributed by atoms with van der Waals surface area (Å²) in [5, 5.41) is 0.378. The van der Waals surface area contributed by atoms with Gasteiger partial charge in [-0.3, -0.25) is 14.4 Å². The lowest BCUT2D eigenvalue weighted by molar-refractivity contribution is -0.197. The van der Waals surface area contributed by atoms with Crippen LogP contribution in [-0.2, 0) is 24.0 Å². The first-order valence-electron chi connectivity index (χ1n) is 5.26. The number of hydrogen-bond donors (Lipinski definition) is 0. The largest absolute Gasteiger partial charge is 0.333 e. The summed E-state index contributed by atoms with van der Waals surface area (Å²) in [7, 11) is 0. The zero-order valence-corrected chi connectivity index (χ0v) is 10.2. The molecule has 0 aliphatic carbocycles. The number of thioether (sulfide) groups is 1. The van der Waals surface area contributed by atoms with Gasteiger partial charge in [0.1, 0.15) is 0 Å². The molecule has 7 heteroatoms. The van der Waals surface area contributed by atoms with E-state index >= 15 is 0 Å². The Kier molecular flexibility index (Phi) is 5.14. The molecule has 94 valence electrons. The van der Waals surface area contributed by atoms with Gasteiger partial charge in [-0.25, -0.2) is 4.79 Å². The van der Waals surface area contributed by atoms with E-state index in [0.717, 1.165) is 11.8 Å². The second-order valence-electron chi connectivity index (χ2n) is 3.35. The van der Waals surface area contributed by atoms with Gasteiger partial charge in [0, 0.05) is 19.3 Å². The Bertz CT molecular complexity index is 339. The molecule has 17 heavy (non-hydrogen) atoms. The number of carbonyl (C=O) groups excluding carboxylic acids is 4. The number of carbonyl (C=O) groups is 4. The van der Waals surface area contributed by atoms with E-state index in [4.69, 9.17) is 0 Å². The van der Waals surface area contributed by atoms with Crippen molar-refractivity contribution in [3.05, 3.63) is 0 Å². The Morgan fingerprint density at radius 2 is 1.82 bits per heavy atom. The van der Waals surface area contributed by atoms with Gasteiger partial charge in [0.05, 0.1) is 6.42 Å². The Balaban J connectivity index is 2.32. The fourth-order valence-electron chi connectivity index (χ4n) is 1.24. The molecule has 1 fully saturated rings. The Labute approximate surface area is 103 Å². The summed E-state index contributed by atoms with van der Waals surface area (Å²) in [6.07, 6.45) is 0.0594. The summed E-state index contributed by atoms with van der Waals surface area (Å²) in [5.74, 6) is -1.12. The van der Waals surface area contributed by atoms with Crippen LogP contribution in [0.5, 0.6) is 0 Å². The van der Waals surface area contributed by atoms with Crippen LogP contribution >= 0.6 is 11.8 Å². The molecule has 1 aliphatic heterocycles. The molecule has 0 bridgehead atoms. The summed E-state index contributed by atoms with van der Waals surface area (Å²) in [5.41, 5.74) is 0. The van der Waals surface area contributed by atoms with E-state index in [1.807, 2.05) is 6.92 Å². The molecule has 0 aromatic rings. The smallest absolute Gasteiger partial charge is 0.330 e. The average molecular weight is 259 g/mol. The van der Waals surface area contributed by atoms with Crippen molar-refractivity contribution in [2.24, 2.45) is 0 Å². The SMILES string of the molecule is CCSC(=O)CCC(=O)ON1C(=O)CCC1=O. The van der Waals surface area contributed by atoms with Gasteiger partial charge in [-0.1, -0.05) is 18.7 Å². The monoisotopic (exact) mass is 259 g/mol. The number of rotatable bonds is 5. The molecule has 1 aliphatic rings. The highest BCUT2D eigenvalue weighted by Crippen LogP contribution is 2.13. The standard InChI is InChI=1S/C10H13NO5S/c1-2-17-10(15)6-5-9(14)16-11-7(12)3-4-8(11)13/h2-6H2,1H3. The maximum atomic E-state index is 11.3. The zero-order valence-electron chi connectivity index (χ0n) is 9.43. The summed E-state index contributed by atoms with van der Waals surface area (Å²) in [4.78, 5) is 49.2. The first-order chi connectivity index (χ1) is 8.04. The first-order valence-corrected chi connectivity index (χ1v) is 6.25. The van der Waals surface area contributed by atoms with Crippen molar-refractivity contribution >= 4 is 34.7 Å². The van der Waals surface area contributed by atoms with Gasteiger partial charge < -0.3 is 4.84 Å². The molecule has 0 spiro atoms. The highest BCUT2D eigenvalue weighted by molar-refractivity contribution is 8.13. The quantitative estimate of drug-likeness (QED) is 0.674. The fourth-order valence-corrected chi connectivity index (χ4v) is 1.81. The van der Waals surface area contributed by atoms with Crippen LogP contribution in [0.2, 0.25) is 0 Å². The Hall–Kier alpha value is -1.37. The molecule has 6 nitrogen and oxygen atoms in total. The van der Waals surface area contributed by atoms with Crippen LogP contribution in [0.15, 0.2) is 0 Å². The van der Waals surface area contributed by atoms with Gasteiger partial charge in [0.15, 0.2) is 5.12 Å². The van der Waals surface area contributed by atoms with E-state index in [2.05, 4.69) is 4.84 Å². The summed E-state index contributed by atoms with van der Waals surface area (Å²) < 4.78 is 0. The van der Waals surface area contributed by atoms with Crippen molar-refractivity contribution in [3.63, 3.8) is 0 Å². The minimum absolute atomic E-state index is 0.0492. The van der Waals surface area contributed by atoms with E-state index in [-0.39, 0.29) is 30.8 Å². The molecular weight excluding hydrogens is 246 g/mol. The molecule has 0 aromatic heterocycles. The lowest BCUT2D eigenvalue weighted by atomic mass is 10.3. The van der Waals surface area contributed by atoms with Crippen molar-refractivity contribution < 1.29 is 24.0 Å². The summed E-state index contributed by atoms with van der Waals surface area (Å²) in [6, 6.07) is 0. The molecule has 1 heterocycles. The number of imide groups is 1. The Morgan fingerprint density at radius 3 is 2.35 bits per heavy atom. The van der Waals surface area contributed by atoms with Crippen LogP contribution in [0.1, 0.15) is 32.6 Å². The van der Waals surface area contributed by atoms with Crippen molar-refractivity contribution in [2.75, 3.05) is 5.75 Å². The Morgan fingerprint density at radius 1 is 1.24 bits per heavy atom. The third-order valence-electron chi connectivity index (χ3n) is 2.04. The molecule has 0 atom stereocenters. The highest BCUT2D eigenvalue weighted by Gasteiger charge is 2.32. The van der Waals surface area contributed by atoms with Gasteiger partial charge in [0.2, 0.25) is 0 Å². The molecule has 0 radical (unpaired) electrons. The third-order valence-corrected chi connectivity index (χ3v) is 2.85. The zero-order chi connectivity index (χ0) is 12.8. The van der Waals surface area contributed by atoms with Crippen molar-refractivity contribution in [3.8, 4) is 0 Å². The van der Waals surface area contributed by atoms with Crippen LogP contribution in [-0.4, -0.2) is 33.7 Å². The van der Waals surface area contributed by atoms with Crippen LogP contribution in [0.4, 0.5) is 0 Å². The molecule has 0 unspecified atom stereocenters. The molecule has 2 amide bonds. The second kappa shape index (κ2) is 6.39. The van der Waals surface area contributed by atoms with Crippen molar-refractivity contribution in [2.45, 2.75) is 32.6 Å². The molecule has 0 N–H and O–H groups in total. The molecule has 0 saturated carbocycles. The minimum atomic E-state index is -0.737. The molecule has 1 rings (SSSR count). The fraction of sp³-hybridized carbons (Fsp3) is 0.600. The maximum absolute atomic E-state index is 11.3.